The third-order valence-electron chi connectivity index (χ3n) is 3.04. The monoisotopic (exact) mass is 308 g/mol. The number of thioether (sulfide) groups is 1. The molecule has 0 aromatic heterocycles. The molecule has 106 valence electrons. The third kappa shape index (κ3) is 3.69. The minimum Gasteiger partial charge on any atom is -0.496 e. The van der Waals surface area contributed by atoms with Crippen LogP contribution in [-0.4, -0.2) is 18.0 Å². The first-order valence-electron chi connectivity index (χ1n) is 6.31. The molecule has 2 aromatic carbocycles. The number of hydrogen-bond donors (Lipinski definition) is 1. The van der Waals surface area contributed by atoms with Crippen molar-refractivity contribution in [2.45, 2.75) is 17.9 Å². The average Bonchev–Trinajstić information content (AvgIpc) is 2.46. The van der Waals surface area contributed by atoms with Gasteiger partial charge in [-0.2, -0.15) is 0 Å². The summed E-state index contributed by atoms with van der Waals surface area (Å²) in [5, 5.41) is 11.0. The molecule has 0 saturated heterocycles. The maximum atomic E-state index is 10.3. The van der Waals surface area contributed by atoms with Crippen LogP contribution in [0.3, 0.4) is 0 Å². The minimum absolute atomic E-state index is 0.527. The quantitative estimate of drug-likeness (QED) is 0.826. The van der Waals surface area contributed by atoms with Gasteiger partial charge in [0.15, 0.2) is 0 Å². The standard InChI is InChI=1S/C16H17ClO2S/c1-11-9-12(7-8-15(11)19-2)14(18)10-20-16-6-4-3-5-13(16)17/h3-9,14,18H,10H2,1-2H3. The lowest BCUT2D eigenvalue weighted by Crippen LogP contribution is -2.01. The lowest BCUT2D eigenvalue weighted by atomic mass is 10.1. The van der Waals surface area contributed by atoms with Crippen LogP contribution >= 0.6 is 23.4 Å². The van der Waals surface area contributed by atoms with Crippen molar-refractivity contribution in [3.05, 3.63) is 58.6 Å². The molecule has 0 amide bonds. The summed E-state index contributed by atoms with van der Waals surface area (Å²) in [6, 6.07) is 13.4. The Morgan fingerprint density at radius 2 is 2.00 bits per heavy atom. The fourth-order valence-electron chi connectivity index (χ4n) is 1.94. The molecule has 0 bridgehead atoms. The van der Waals surface area contributed by atoms with Crippen molar-refractivity contribution in [2.24, 2.45) is 0 Å². The van der Waals surface area contributed by atoms with E-state index in [1.165, 1.54) is 0 Å². The molecule has 0 aliphatic rings. The number of hydrogen-bond acceptors (Lipinski definition) is 3. The molecule has 1 atom stereocenters. The minimum atomic E-state index is -0.527. The van der Waals surface area contributed by atoms with Crippen molar-refractivity contribution in [3.63, 3.8) is 0 Å². The summed E-state index contributed by atoms with van der Waals surface area (Å²) in [5.41, 5.74) is 1.91. The van der Waals surface area contributed by atoms with E-state index in [4.69, 9.17) is 16.3 Å². The molecule has 0 heterocycles. The molecule has 0 spiro atoms. The average molecular weight is 309 g/mol. The van der Waals surface area contributed by atoms with Gasteiger partial charge < -0.3 is 9.84 Å². The van der Waals surface area contributed by atoms with E-state index in [-0.39, 0.29) is 0 Å². The van der Waals surface area contributed by atoms with E-state index in [0.29, 0.717) is 5.75 Å². The number of methoxy groups -OCH3 is 1. The lowest BCUT2D eigenvalue weighted by Gasteiger charge is -2.13. The molecule has 2 rings (SSSR count). The summed E-state index contributed by atoms with van der Waals surface area (Å²) in [7, 11) is 1.64. The summed E-state index contributed by atoms with van der Waals surface area (Å²) in [6.45, 7) is 1.97. The topological polar surface area (TPSA) is 29.5 Å². The first-order valence-corrected chi connectivity index (χ1v) is 7.68. The van der Waals surface area contributed by atoms with Gasteiger partial charge in [-0.25, -0.2) is 0 Å². The van der Waals surface area contributed by atoms with E-state index >= 15 is 0 Å². The number of aryl methyl sites for hydroxylation is 1. The number of aliphatic hydroxyl groups is 1. The van der Waals surface area contributed by atoms with Crippen molar-refractivity contribution < 1.29 is 9.84 Å². The smallest absolute Gasteiger partial charge is 0.121 e. The van der Waals surface area contributed by atoms with Gasteiger partial charge in [0.05, 0.1) is 18.2 Å². The van der Waals surface area contributed by atoms with E-state index in [9.17, 15) is 5.11 Å². The Labute approximate surface area is 128 Å². The Balaban J connectivity index is 2.03. The SMILES string of the molecule is COc1ccc(C(O)CSc2ccccc2Cl)cc1C. The Bertz CT molecular complexity index is 586. The number of halogens is 1. The molecule has 2 nitrogen and oxygen atoms in total. The van der Waals surface area contributed by atoms with Gasteiger partial charge >= 0.3 is 0 Å². The van der Waals surface area contributed by atoms with Crippen LogP contribution in [0.25, 0.3) is 0 Å². The van der Waals surface area contributed by atoms with Crippen molar-refractivity contribution in [3.8, 4) is 5.75 Å². The third-order valence-corrected chi connectivity index (χ3v) is 4.63. The molecule has 0 saturated carbocycles. The second-order valence-corrected chi connectivity index (χ2v) is 5.96. The number of aliphatic hydroxyl groups excluding tert-OH is 1. The Morgan fingerprint density at radius 3 is 2.65 bits per heavy atom. The maximum Gasteiger partial charge on any atom is 0.121 e. The van der Waals surface area contributed by atoms with E-state index in [0.717, 1.165) is 26.8 Å². The Hall–Kier alpha value is -1.16. The van der Waals surface area contributed by atoms with Crippen LogP contribution in [-0.2, 0) is 0 Å². The molecule has 0 radical (unpaired) electrons. The number of benzene rings is 2. The van der Waals surface area contributed by atoms with E-state index < -0.39 is 6.10 Å². The zero-order valence-electron chi connectivity index (χ0n) is 11.5. The summed E-state index contributed by atoms with van der Waals surface area (Å²) in [5.74, 6) is 1.40. The van der Waals surface area contributed by atoms with Crippen molar-refractivity contribution in [1.29, 1.82) is 0 Å². The van der Waals surface area contributed by atoms with Crippen LogP contribution in [0.2, 0.25) is 5.02 Å². The van der Waals surface area contributed by atoms with Gasteiger partial charge in [-0.3, -0.25) is 0 Å². The van der Waals surface area contributed by atoms with E-state index in [2.05, 4.69) is 0 Å². The number of rotatable bonds is 5. The van der Waals surface area contributed by atoms with Crippen LogP contribution in [0, 0.1) is 6.92 Å². The van der Waals surface area contributed by atoms with Crippen LogP contribution in [0.15, 0.2) is 47.4 Å². The molecule has 0 aliphatic heterocycles. The van der Waals surface area contributed by atoms with E-state index in [1.807, 2.05) is 49.4 Å². The first kappa shape index (κ1) is 15.2. The molecule has 1 N–H and O–H groups in total. The normalized spacial score (nSPS) is 12.2. The van der Waals surface area contributed by atoms with Crippen molar-refractivity contribution in [2.75, 3.05) is 12.9 Å². The van der Waals surface area contributed by atoms with Crippen molar-refractivity contribution in [1.82, 2.24) is 0 Å². The predicted octanol–water partition coefficient (Wildman–Crippen LogP) is 4.48. The second-order valence-electron chi connectivity index (χ2n) is 4.49. The highest BCUT2D eigenvalue weighted by molar-refractivity contribution is 7.99. The Kier molecular flexibility index (Phi) is 5.35. The molecule has 0 aliphatic carbocycles. The molecular formula is C16H17ClO2S. The summed E-state index contributed by atoms with van der Waals surface area (Å²) < 4.78 is 5.22. The van der Waals surface area contributed by atoms with Gasteiger partial charge in [0.1, 0.15) is 5.75 Å². The fraction of sp³-hybridized carbons (Fsp3) is 0.250. The summed E-state index contributed by atoms with van der Waals surface area (Å²) in [6.07, 6.45) is -0.527. The molecular weight excluding hydrogens is 292 g/mol. The van der Waals surface area contributed by atoms with Gasteiger partial charge in [0.2, 0.25) is 0 Å². The summed E-state index contributed by atoms with van der Waals surface area (Å²) >= 11 is 7.65. The Morgan fingerprint density at radius 1 is 1.25 bits per heavy atom. The van der Waals surface area contributed by atoms with E-state index in [1.54, 1.807) is 18.9 Å². The maximum absolute atomic E-state index is 10.3. The largest absolute Gasteiger partial charge is 0.496 e. The van der Waals surface area contributed by atoms with Gasteiger partial charge in [0, 0.05) is 10.6 Å². The lowest BCUT2D eigenvalue weighted by molar-refractivity contribution is 0.204. The van der Waals surface area contributed by atoms with Crippen LogP contribution in [0.4, 0.5) is 0 Å². The number of ether oxygens (including phenoxy) is 1. The first-order chi connectivity index (χ1) is 9.61. The highest BCUT2D eigenvalue weighted by atomic mass is 35.5. The molecule has 20 heavy (non-hydrogen) atoms. The predicted molar refractivity (Wildman–Crippen MR) is 84.9 cm³/mol. The zero-order chi connectivity index (χ0) is 14.5. The molecule has 1 unspecified atom stereocenters. The van der Waals surface area contributed by atoms with Gasteiger partial charge in [0.25, 0.3) is 0 Å². The van der Waals surface area contributed by atoms with Crippen LogP contribution < -0.4 is 4.74 Å². The summed E-state index contributed by atoms with van der Waals surface area (Å²) in [4.78, 5) is 0.985. The molecule has 0 fully saturated rings. The van der Waals surface area contributed by atoms with Crippen molar-refractivity contribution >= 4 is 23.4 Å². The highest BCUT2D eigenvalue weighted by Gasteiger charge is 2.11. The van der Waals surface area contributed by atoms with Gasteiger partial charge in [-0.05, 0) is 42.3 Å². The molecule has 2 aromatic rings. The van der Waals surface area contributed by atoms with Crippen LogP contribution in [0.1, 0.15) is 17.2 Å². The van der Waals surface area contributed by atoms with Crippen LogP contribution in [0.5, 0.6) is 5.75 Å². The van der Waals surface area contributed by atoms with Gasteiger partial charge in [-0.15, -0.1) is 11.8 Å². The van der Waals surface area contributed by atoms with Gasteiger partial charge in [-0.1, -0.05) is 29.8 Å². The highest BCUT2D eigenvalue weighted by Crippen LogP contribution is 2.31. The fourth-order valence-corrected chi connectivity index (χ4v) is 3.15. The zero-order valence-corrected chi connectivity index (χ0v) is 13.0. The second kappa shape index (κ2) is 7.02. The molecule has 4 heteroatoms.